The molecule has 0 fully saturated rings. The van der Waals surface area contributed by atoms with Crippen molar-refractivity contribution in [3.8, 4) is 0 Å². The van der Waals surface area contributed by atoms with Crippen LogP contribution in [0.2, 0.25) is 0 Å². The Hall–Kier alpha value is -1.46. The molecule has 0 bridgehead atoms. The molecule has 2 aromatic heterocycles. The summed E-state index contributed by atoms with van der Waals surface area (Å²) in [5.74, 6) is 1.00. The molecule has 0 aliphatic rings. The summed E-state index contributed by atoms with van der Waals surface area (Å²) in [4.78, 5) is 11.3. The number of anilines is 1. The lowest BCUT2D eigenvalue weighted by Crippen LogP contribution is -2.22. The summed E-state index contributed by atoms with van der Waals surface area (Å²) in [5.41, 5.74) is 5.38. The highest BCUT2D eigenvalue weighted by molar-refractivity contribution is 7.07. The van der Waals surface area contributed by atoms with Crippen molar-refractivity contribution in [1.29, 1.82) is 0 Å². The van der Waals surface area contributed by atoms with Crippen LogP contribution in [0.4, 0.5) is 5.82 Å². The van der Waals surface area contributed by atoms with E-state index in [1.54, 1.807) is 11.3 Å². The lowest BCUT2D eigenvalue weighted by atomic mass is 9.90. The van der Waals surface area contributed by atoms with Gasteiger partial charge in [-0.05, 0) is 24.7 Å². The van der Waals surface area contributed by atoms with Crippen LogP contribution < -0.4 is 10.2 Å². The second kappa shape index (κ2) is 6.54. The first-order valence-electron chi connectivity index (χ1n) is 7.14. The summed E-state index contributed by atoms with van der Waals surface area (Å²) in [6, 6.07) is 4.34. The van der Waals surface area contributed by atoms with E-state index in [0.29, 0.717) is 0 Å². The van der Waals surface area contributed by atoms with E-state index in [-0.39, 0.29) is 5.41 Å². The number of hydrogen-bond acceptors (Lipinski definition) is 5. The third-order valence-electron chi connectivity index (χ3n) is 3.29. The van der Waals surface area contributed by atoms with Crippen molar-refractivity contribution in [3.63, 3.8) is 0 Å². The van der Waals surface area contributed by atoms with Crippen molar-refractivity contribution in [2.24, 2.45) is 0 Å². The smallest absolute Gasteiger partial charge is 0.129 e. The highest BCUT2D eigenvalue weighted by Crippen LogP contribution is 2.25. The molecule has 2 rings (SSSR count). The summed E-state index contributed by atoms with van der Waals surface area (Å²) in [6.07, 6.45) is 0. The summed E-state index contributed by atoms with van der Waals surface area (Å²) in [7, 11) is 4.03. The fraction of sp³-hybridized carbons (Fsp3) is 0.500. The molecule has 5 heteroatoms. The van der Waals surface area contributed by atoms with Gasteiger partial charge in [0.05, 0.1) is 17.7 Å². The zero-order valence-electron chi connectivity index (χ0n) is 13.5. The predicted molar refractivity (Wildman–Crippen MR) is 89.9 cm³/mol. The fourth-order valence-corrected chi connectivity index (χ4v) is 2.65. The minimum absolute atomic E-state index is 0.0416. The van der Waals surface area contributed by atoms with E-state index in [1.165, 1.54) is 5.56 Å². The average molecular weight is 304 g/mol. The van der Waals surface area contributed by atoms with Crippen LogP contribution in [0.1, 0.15) is 37.7 Å². The summed E-state index contributed by atoms with van der Waals surface area (Å²) >= 11 is 1.63. The molecule has 0 atom stereocenters. The molecule has 21 heavy (non-hydrogen) atoms. The Morgan fingerprint density at radius 2 is 2.05 bits per heavy atom. The zero-order valence-corrected chi connectivity index (χ0v) is 14.3. The maximum atomic E-state index is 4.84. The maximum absolute atomic E-state index is 4.84. The van der Waals surface area contributed by atoms with Crippen LogP contribution in [0, 0.1) is 0 Å². The van der Waals surface area contributed by atoms with Gasteiger partial charge in [0.15, 0.2) is 0 Å². The van der Waals surface area contributed by atoms with Gasteiger partial charge in [0.2, 0.25) is 0 Å². The first-order chi connectivity index (χ1) is 9.90. The van der Waals surface area contributed by atoms with Crippen LogP contribution in [0.5, 0.6) is 0 Å². The standard InChI is InChI=1S/C16H24N4S/c1-16(2,3)14-6-12(8-17-4)7-15(19-14)20(5)9-13-10-21-11-18-13/h6-7,10-11,17H,8-9H2,1-5H3. The van der Waals surface area contributed by atoms with Gasteiger partial charge in [-0.3, -0.25) is 0 Å². The zero-order chi connectivity index (χ0) is 15.5. The monoisotopic (exact) mass is 304 g/mol. The van der Waals surface area contributed by atoms with Crippen molar-refractivity contribution in [2.45, 2.75) is 39.3 Å². The molecule has 0 radical (unpaired) electrons. The van der Waals surface area contributed by atoms with Crippen LogP contribution in [0.15, 0.2) is 23.0 Å². The number of nitrogens with zero attached hydrogens (tertiary/aromatic N) is 3. The molecule has 0 saturated heterocycles. The second-order valence-corrected chi connectivity index (χ2v) is 7.05. The van der Waals surface area contributed by atoms with Gasteiger partial charge in [-0.15, -0.1) is 11.3 Å². The van der Waals surface area contributed by atoms with Crippen LogP contribution in [-0.4, -0.2) is 24.1 Å². The van der Waals surface area contributed by atoms with Gasteiger partial charge in [-0.2, -0.15) is 0 Å². The second-order valence-electron chi connectivity index (χ2n) is 6.34. The van der Waals surface area contributed by atoms with E-state index >= 15 is 0 Å². The number of thiazole rings is 1. The van der Waals surface area contributed by atoms with E-state index in [9.17, 15) is 0 Å². The Labute approximate surface area is 131 Å². The molecule has 0 aromatic carbocycles. The number of nitrogens with one attached hydrogen (secondary N) is 1. The molecule has 0 unspecified atom stereocenters. The van der Waals surface area contributed by atoms with Crippen LogP contribution >= 0.6 is 11.3 Å². The third kappa shape index (κ3) is 4.25. The lowest BCUT2D eigenvalue weighted by molar-refractivity contribution is 0.566. The number of rotatable bonds is 5. The van der Waals surface area contributed by atoms with Gasteiger partial charge in [0.25, 0.3) is 0 Å². The topological polar surface area (TPSA) is 41.0 Å². The Morgan fingerprint density at radius 3 is 2.62 bits per heavy atom. The molecule has 2 aromatic rings. The lowest BCUT2D eigenvalue weighted by Gasteiger charge is -2.24. The van der Waals surface area contributed by atoms with Crippen molar-refractivity contribution in [1.82, 2.24) is 15.3 Å². The van der Waals surface area contributed by atoms with E-state index in [2.05, 4.69) is 60.5 Å². The Kier molecular flexibility index (Phi) is 4.96. The first kappa shape index (κ1) is 15.9. The van der Waals surface area contributed by atoms with Crippen molar-refractivity contribution in [3.05, 3.63) is 40.0 Å². The minimum atomic E-state index is 0.0416. The Balaban J connectivity index is 2.30. The molecular weight excluding hydrogens is 280 g/mol. The van der Waals surface area contributed by atoms with Crippen LogP contribution in [0.25, 0.3) is 0 Å². The molecule has 4 nitrogen and oxygen atoms in total. The van der Waals surface area contributed by atoms with Gasteiger partial charge in [-0.1, -0.05) is 20.8 Å². The molecule has 1 N–H and O–H groups in total. The van der Waals surface area contributed by atoms with E-state index in [0.717, 1.165) is 30.3 Å². The molecule has 0 saturated carbocycles. The molecule has 0 amide bonds. The van der Waals surface area contributed by atoms with Gasteiger partial charge in [0.1, 0.15) is 5.82 Å². The number of hydrogen-bond donors (Lipinski definition) is 1. The number of aromatic nitrogens is 2. The van der Waals surface area contributed by atoms with Crippen molar-refractivity contribution in [2.75, 3.05) is 19.0 Å². The quantitative estimate of drug-likeness (QED) is 0.921. The third-order valence-corrected chi connectivity index (χ3v) is 3.93. The largest absolute Gasteiger partial charge is 0.354 e. The molecule has 0 aliphatic heterocycles. The van der Waals surface area contributed by atoms with Crippen LogP contribution in [-0.2, 0) is 18.5 Å². The molecule has 0 aliphatic carbocycles. The van der Waals surface area contributed by atoms with Crippen molar-refractivity contribution >= 4 is 17.2 Å². The molecule has 114 valence electrons. The van der Waals surface area contributed by atoms with E-state index in [1.807, 2.05) is 12.6 Å². The maximum Gasteiger partial charge on any atom is 0.129 e. The highest BCUT2D eigenvalue weighted by Gasteiger charge is 2.18. The molecular formula is C16H24N4S. The summed E-state index contributed by atoms with van der Waals surface area (Å²) < 4.78 is 0. The predicted octanol–water partition coefficient (Wildman–Crippen LogP) is 3.19. The summed E-state index contributed by atoms with van der Waals surface area (Å²) in [6.45, 7) is 8.22. The average Bonchev–Trinajstić information content (AvgIpc) is 2.90. The number of pyridine rings is 1. The molecule has 2 heterocycles. The normalized spacial score (nSPS) is 11.7. The van der Waals surface area contributed by atoms with Gasteiger partial charge >= 0.3 is 0 Å². The Morgan fingerprint density at radius 1 is 1.29 bits per heavy atom. The highest BCUT2D eigenvalue weighted by atomic mass is 32.1. The van der Waals surface area contributed by atoms with E-state index < -0.39 is 0 Å². The Bertz CT molecular complexity index is 572. The van der Waals surface area contributed by atoms with Crippen LogP contribution in [0.3, 0.4) is 0 Å². The van der Waals surface area contributed by atoms with Crippen molar-refractivity contribution < 1.29 is 0 Å². The van der Waals surface area contributed by atoms with Gasteiger partial charge in [-0.25, -0.2) is 9.97 Å². The fourth-order valence-electron chi connectivity index (χ4n) is 2.10. The molecule has 0 spiro atoms. The van der Waals surface area contributed by atoms with E-state index in [4.69, 9.17) is 4.98 Å². The first-order valence-corrected chi connectivity index (χ1v) is 8.08. The SMILES string of the molecule is CNCc1cc(N(C)Cc2cscn2)nc(C(C)(C)C)c1. The van der Waals surface area contributed by atoms with Gasteiger partial charge < -0.3 is 10.2 Å². The minimum Gasteiger partial charge on any atom is -0.354 e. The van der Waals surface area contributed by atoms with Gasteiger partial charge in [0, 0.05) is 30.1 Å². The summed E-state index contributed by atoms with van der Waals surface area (Å²) in [5, 5.41) is 5.30.